The smallest absolute Gasteiger partial charge is 0.239 e. The summed E-state index contributed by atoms with van der Waals surface area (Å²) in [6, 6.07) is 15.4. The molecule has 0 aliphatic carbocycles. The van der Waals surface area contributed by atoms with Crippen molar-refractivity contribution in [2.45, 2.75) is 51.9 Å². The summed E-state index contributed by atoms with van der Waals surface area (Å²) in [5.41, 5.74) is 4.42. The van der Waals surface area contributed by atoms with Crippen LogP contribution in [-0.4, -0.2) is 73.5 Å². The number of hydrogen-bond donors (Lipinski definition) is 4. The maximum absolute atomic E-state index is 12.4. The Morgan fingerprint density at radius 3 is 2.50 bits per heavy atom. The van der Waals surface area contributed by atoms with Gasteiger partial charge >= 0.3 is 0 Å². The molecule has 38 heavy (non-hydrogen) atoms. The Morgan fingerprint density at radius 2 is 1.76 bits per heavy atom. The maximum Gasteiger partial charge on any atom is 0.239 e. The normalized spacial score (nSPS) is 11.4. The standard InChI is InChI=1S/C30H43N5O3/c1-3-4-19-35(2)20-17-29(34-28-16-8-5-12-24(28)26(31)14-11-22-37)25-13-6-7-15-27(25)33-23-30(38)32-18-9-10-21-36/h5-8,12-13,15-16,22,31,33,36H,3-4,9-11,14,17-21,23H2,1-2H3,(H,32,38)/b31-26?,34-29-. The van der Waals surface area contributed by atoms with Crippen molar-refractivity contribution in [2.75, 3.05) is 45.2 Å². The number of amides is 1. The second-order valence-electron chi connectivity index (χ2n) is 9.35. The zero-order valence-corrected chi connectivity index (χ0v) is 22.8. The topological polar surface area (TPSA) is 118 Å². The average Bonchev–Trinajstić information content (AvgIpc) is 2.94. The molecule has 0 radical (unpaired) electrons. The summed E-state index contributed by atoms with van der Waals surface area (Å²) in [5.74, 6) is -0.107. The number of benzene rings is 2. The third-order valence-electron chi connectivity index (χ3n) is 6.20. The van der Waals surface area contributed by atoms with Gasteiger partial charge in [0.25, 0.3) is 0 Å². The van der Waals surface area contributed by atoms with E-state index in [1.807, 2.05) is 48.5 Å². The first-order chi connectivity index (χ1) is 18.5. The fraction of sp³-hybridized carbons (Fsp3) is 0.467. The minimum atomic E-state index is -0.107. The summed E-state index contributed by atoms with van der Waals surface area (Å²) in [6.45, 7) is 4.80. The number of aliphatic hydroxyl groups excluding tert-OH is 1. The average molecular weight is 522 g/mol. The van der Waals surface area contributed by atoms with Gasteiger partial charge in [0.15, 0.2) is 0 Å². The Hall–Kier alpha value is -3.36. The molecule has 0 spiro atoms. The lowest BCUT2D eigenvalue weighted by Crippen LogP contribution is -2.31. The van der Waals surface area contributed by atoms with Gasteiger partial charge < -0.3 is 30.8 Å². The van der Waals surface area contributed by atoms with Gasteiger partial charge in [-0.15, -0.1) is 0 Å². The maximum atomic E-state index is 12.4. The van der Waals surface area contributed by atoms with E-state index in [1.165, 1.54) is 0 Å². The van der Waals surface area contributed by atoms with Crippen LogP contribution < -0.4 is 10.6 Å². The lowest BCUT2D eigenvalue weighted by molar-refractivity contribution is -0.119. The van der Waals surface area contributed by atoms with Gasteiger partial charge in [-0.05, 0) is 51.4 Å². The molecule has 8 nitrogen and oxygen atoms in total. The van der Waals surface area contributed by atoms with Crippen LogP contribution in [0.25, 0.3) is 0 Å². The molecular formula is C30H43N5O3. The molecule has 4 N–H and O–H groups in total. The Kier molecular flexibility index (Phi) is 14.6. The van der Waals surface area contributed by atoms with Crippen LogP contribution in [0.2, 0.25) is 0 Å². The molecule has 0 heterocycles. The molecule has 0 aliphatic rings. The highest BCUT2D eigenvalue weighted by Crippen LogP contribution is 2.25. The first kappa shape index (κ1) is 30.9. The minimum Gasteiger partial charge on any atom is -0.396 e. The molecule has 2 aromatic carbocycles. The van der Waals surface area contributed by atoms with Crippen molar-refractivity contribution in [1.82, 2.24) is 10.2 Å². The molecule has 0 aromatic heterocycles. The molecule has 0 unspecified atom stereocenters. The highest BCUT2D eigenvalue weighted by molar-refractivity contribution is 6.09. The van der Waals surface area contributed by atoms with Crippen molar-refractivity contribution in [3.8, 4) is 0 Å². The fourth-order valence-electron chi connectivity index (χ4n) is 3.99. The number of aliphatic imine (C=N–C) groups is 1. The van der Waals surface area contributed by atoms with Crippen LogP contribution >= 0.6 is 0 Å². The Labute approximate surface area is 227 Å². The molecule has 2 rings (SSSR count). The quantitative estimate of drug-likeness (QED) is 0.123. The Bertz CT molecular complexity index is 1050. The summed E-state index contributed by atoms with van der Waals surface area (Å²) in [6.07, 6.45) is 5.88. The fourth-order valence-corrected chi connectivity index (χ4v) is 3.99. The lowest BCUT2D eigenvalue weighted by Gasteiger charge is -2.19. The minimum absolute atomic E-state index is 0.107. The number of aliphatic hydroxyl groups is 1. The number of rotatable bonds is 19. The SMILES string of the molecule is CCCCN(C)CC/C(=N/c1ccccc1C(=N)CCC=O)c1ccccc1NCC(=O)NCCCCO. The summed E-state index contributed by atoms with van der Waals surface area (Å²) < 4.78 is 0. The largest absolute Gasteiger partial charge is 0.396 e. The Balaban J connectivity index is 2.33. The van der Waals surface area contributed by atoms with Gasteiger partial charge in [-0.2, -0.15) is 0 Å². The number of nitrogens with zero attached hydrogens (tertiary/aromatic N) is 2. The second kappa shape index (κ2) is 18.0. The van der Waals surface area contributed by atoms with E-state index in [2.05, 4.69) is 29.5 Å². The molecule has 2 aromatic rings. The number of aldehydes is 1. The van der Waals surface area contributed by atoms with Gasteiger partial charge in [0, 0.05) is 55.1 Å². The van der Waals surface area contributed by atoms with Gasteiger partial charge in [0.1, 0.15) is 6.29 Å². The monoisotopic (exact) mass is 521 g/mol. The first-order valence-corrected chi connectivity index (χ1v) is 13.6. The molecule has 0 aliphatic heterocycles. The van der Waals surface area contributed by atoms with Crippen molar-refractivity contribution in [1.29, 1.82) is 5.41 Å². The number of unbranched alkanes of at least 4 members (excludes halogenated alkanes) is 2. The van der Waals surface area contributed by atoms with Gasteiger partial charge in [-0.25, -0.2) is 0 Å². The van der Waals surface area contributed by atoms with E-state index in [9.17, 15) is 9.59 Å². The zero-order valence-electron chi connectivity index (χ0n) is 22.8. The first-order valence-electron chi connectivity index (χ1n) is 13.6. The van der Waals surface area contributed by atoms with Gasteiger partial charge in [-0.1, -0.05) is 49.7 Å². The molecule has 206 valence electrons. The van der Waals surface area contributed by atoms with E-state index in [4.69, 9.17) is 15.5 Å². The molecule has 0 bridgehead atoms. The van der Waals surface area contributed by atoms with Crippen LogP contribution in [0.15, 0.2) is 53.5 Å². The summed E-state index contributed by atoms with van der Waals surface area (Å²) in [4.78, 5) is 30.6. The van der Waals surface area contributed by atoms with Crippen LogP contribution in [0.4, 0.5) is 11.4 Å². The van der Waals surface area contributed by atoms with Crippen molar-refractivity contribution >= 4 is 35.0 Å². The van der Waals surface area contributed by atoms with Crippen LogP contribution in [0.1, 0.15) is 63.0 Å². The molecule has 0 atom stereocenters. The molecule has 8 heteroatoms. The van der Waals surface area contributed by atoms with Gasteiger partial charge in [0.2, 0.25) is 5.91 Å². The highest BCUT2D eigenvalue weighted by atomic mass is 16.3. The lowest BCUT2D eigenvalue weighted by atomic mass is 10.0. The van der Waals surface area contributed by atoms with E-state index < -0.39 is 0 Å². The van der Waals surface area contributed by atoms with Crippen LogP contribution in [0, 0.1) is 5.41 Å². The van der Waals surface area contributed by atoms with E-state index in [-0.39, 0.29) is 19.1 Å². The van der Waals surface area contributed by atoms with Crippen molar-refractivity contribution < 1.29 is 14.7 Å². The predicted molar refractivity (Wildman–Crippen MR) is 156 cm³/mol. The summed E-state index contributed by atoms with van der Waals surface area (Å²) in [5, 5.41) is 23.6. The van der Waals surface area contributed by atoms with E-state index in [0.717, 1.165) is 61.2 Å². The number of anilines is 1. The van der Waals surface area contributed by atoms with E-state index in [1.54, 1.807) is 0 Å². The van der Waals surface area contributed by atoms with Crippen molar-refractivity contribution in [3.05, 3.63) is 59.7 Å². The number of nitrogens with one attached hydrogen (secondary N) is 3. The number of carbonyl (C=O) groups excluding carboxylic acids is 2. The predicted octanol–water partition coefficient (Wildman–Crippen LogP) is 4.58. The van der Waals surface area contributed by atoms with Crippen molar-refractivity contribution in [3.63, 3.8) is 0 Å². The van der Waals surface area contributed by atoms with E-state index >= 15 is 0 Å². The third kappa shape index (κ3) is 10.9. The van der Waals surface area contributed by atoms with Gasteiger partial charge in [0.05, 0.1) is 17.9 Å². The zero-order chi connectivity index (χ0) is 27.6. The second-order valence-corrected chi connectivity index (χ2v) is 9.35. The van der Waals surface area contributed by atoms with Crippen LogP contribution in [-0.2, 0) is 9.59 Å². The highest BCUT2D eigenvalue weighted by Gasteiger charge is 2.14. The number of hydrogen-bond acceptors (Lipinski definition) is 7. The molecule has 0 saturated carbocycles. The molecule has 0 fully saturated rings. The Morgan fingerprint density at radius 1 is 1.03 bits per heavy atom. The number of carbonyl (C=O) groups is 2. The molecule has 1 amide bonds. The molecular weight excluding hydrogens is 478 g/mol. The number of para-hydroxylation sites is 2. The molecule has 0 saturated heterocycles. The summed E-state index contributed by atoms with van der Waals surface area (Å²) >= 11 is 0. The van der Waals surface area contributed by atoms with E-state index in [0.29, 0.717) is 43.6 Å². The van der Waals surface area contributed by atoms with Crippen LogP contribution in [0.5, 0.6) is 0 Å². The van der Waals surface area contributed by atoms with Crippen LogP contribution in [0.3, 0.4) is 0 Å². The van der Waals surface area contributed by atoms with Crippen molar-refractivity contribution in [2.24, 2.45) is 4.99 Å². The third-order valence-corrected chi connectivity index (χ3v) is 6.20. The van der Waals surface area contributed by atoms with Gasteiger partial charge in [-0.3, -0.25) is 9.79 Å². The summed E-state index contributed by atoms with van der Waals surface area (Å²) in [7, 11) is 2.11.